The summed E-state index contributed by atoms with van der Waals surface area (Å²) in [5.41, 5.74) is 3.87. The number of piperidine rings is 1. The van der Waals surface area contributed by atoms with Crippen LogP contribution in [0.25, 0.3) is 5.70 Å². The zero-order chi connectivity index (χ0) is 19.6. The lowest BCUT2D eigenvalue weighted by molar-refractivity contribution is -0.134. The largest absolute Gasteiger partial charge is 0.339 e. The highest BCUT2D eigenvalue weighted by molar-refractivity contribution is 5.78. The maximum absolute atomic E-state index is 12.9. The monoisotopic (exact) mass is 394 g/mol. The van der Waals surface area contributed by atoms with Gasteiger partial charge in [0.15, 0.2) is 0 Å². The molecule has 29 heavy (non-hydrogen) atoms. The Morgan fingerprint density at radius 1 is 1.07 bits per heavy atom. The van der Waals surface area contributed by atoms with Gasteiger partial charge < -0.3 is 4.90 Å². The van der Waals surface area contributed by atoms with E-state index < -0.39 is 0 Å². The lowest BCUT2D eigenvalue weighted by Crippen LogP contribution is -2.55. The molecule has 4 aliphatic rings. The Balaban J connectivity index is 1.16. The Morgan fingerprint density at radius 2 is 1.93 bits per heavy atom. The number of piperazine rings is 1. The van der Waals surface area contributed by atoms with Gasteiger partial charge in [0, 0.05) is 57.4 Å². The predicted octanol–water partition coefficient (Wildman–Crippen LogP) is 1.78. The number of carbonyl (C=O) groups excluding carboxylic acids is 1. The molecule has 1 amide bonds. The molecule has 1 saturated carbocycles. The highest BCUT2D eigenvalue weighted by Gasteiger charge is 2.30. The van der Waals surface area contributed by atoms with Crippen molar-refractivity contribution >= 4 is 11.6 Å². The summed E-state index contributed by atoms with van der Waals surface area (Å²) >= 11 is 0. The second-order valence-electron chi connectivity index (χ2n) is 8.59. The fourth-order valence-electron chi connectivity index (χ4n) is 4.79. The summed E-state index contributed by atoms with van der Waals surface area (Å²) in [5, 5.41) is 4.24. The summed E-state index contributed by atoms with van der Waals surface area (Å²) in [5.74, 6) is 0.291. The van der Waals surface area contributed by atoms with E-state index in [2.05, 4.69) is 43.0 Å². The molecule has 0 radical (unpaired) electrons. The van der Waals surface area contributed by atoms with E-state index in [9.17, 15) is 4.79 Å². The van der Waals surface area contributed by atoms with Gasteiger partial charge in [0.1, 0.15) is 12.7 Å². The van der Waals surface area contributed by atoms with E-state index in [0.29, 0.717) is 12.5 Å². The summed E-state index contributed by atoms with van der Waals surface area (Å²) in [7, 11) is 0. The lowest BCUT2D eigenvalue weighted by atomic mass is 9.91. The number of fused-ring (bicyclic) bond motifs is 1. The highest BCUT2D eigenvalue weighted by Crippen LogP contribution is 2.28. The van der Waals surface area contributed by atoms with Crippen molar-refractivity contribution in [2.75, 3.05) is 45.8 Å². The van der Waals surface area contributed by atoms with Crippen LogP contribution < -0.4 is 0 Å². The first kappa shape index (κ1) is 18.8. The van der Waals surface area contributed by atoms with Crippen molar-refractivity contribution in [1.29, 1.82) is 0 Å². The van der Waals surface area contributed by atoms with Gasteiger partial charge in [0.05, 0.1) is 6.54 Å². The number of hydrogen-bond donors (Lipinski definition) is 0. The van der Waals surface area contributed by atoms with Crippen molar-refractivity contribution in [2.45, 2.75) is 38.1 Å². The fourth-order valence-corrected chi connectivity index (χ4v) is 4.79. The number of rotatable bonds is 4. The SMILES string of the molecule is O=C(CN1CCC2=CCC(n3cncn3)=CC=C2C1)N1CCN(C2CCC2)CC1. The third kappa shape index (κ3) is 4.07. The average Bonchev–Trinajstić information content (AvgIpc) is 3.15. The predicted molar refractivity (Wildman–Crippen MR) is 112 cm³/mol. The van der Waals surface area contributed by atoms with Gasteiger partial charge in [-0.3, -0.25) is 14.6 Å². The van der Waals surface area contributed by atoms with Crippen molar-refractivity contribution in [3.8, 4) is 0 Å². The molecule has 3 fully saturated rings. The van der Waals surface area contributed by atoms with Crippen LogP contribution in [-0.4, -0.2) is 87.2 Å². The van der Waals surface area contributed by atoms with Crippen LogP contribution in [-0.2, 0) is 4.79 Å². The molecule has 0 unspecified atom stereocenters. The van der Waals surface area contributed by atoms with Gasteiger partial charge in [-0.15, -0.1) is 0 Å². The average molecular weight is 395 g/mol. The van der Waals surface area contributed by atoms with E-state index in [0.717, 1.165) is 63.8 Å². The van der Waals surface area contributed by atoms with E-state index in [-0.39, 0.29) is 0 Å². The van der Waals surface area contributed by atoms with Crippen LogP contribution in [0.15, 0.2) is 42.0 Å². The molecule has 0 spiro atoms. The van der Waals surface area contributed by atoms with E-state index in [4.69, 9.17) is 0 Å². The molecule has 2 aliphatic carbocycles. The number of carbonyl (C=O) groups is 1. The van der Waals surface area contributed by atoms with Gasteiger partial charge in [-0.1, -0.05) is 18.6 Å². The molecule has 3 heterocycles. The minimum absolute atomic E-state index is 0.291. The highest BCUT2D eigenvalue weighted by atomic mass is 16.2. The van der Waals surface area contributed by atoms with Crippen LogP contribution in [0.1, 0.15) is 32.1 Å². The van der Waals surface area contributed by atoms with Gasteiger partial charge in [-0.2, -0.15) is 5.10 Å². The molecular weight excluding hydrogens is 364 g/mol. The van der Waals surface area contributed by atoms with Crippen LogP contribution in [0.3, 0.4) is 0 Å². The molecule has 0 bridgehead atoms. The summed E-state index contributed by atoms with van der Waals surface area (Å²) in [6, 6.07) is 0.789. The third-order valence-corrected chi connectivity index (χ3v) is 6.87. The Labute approximate surface area is 172 Å². The number of likely N-dealkylation sites (tertiary alicyclic amines) is 1. The first-order valence-electron chi connectivity index (χ1n) is 10.9. The molecule has 7 heteroatoms. The Morgan fingerprint density at radius 3 is 2.66 bits per heavy atom. The molecule has 7 nitrogen and oxygen atoms in total. The van der Waals surface area contributed by atoms with E-state index >= 15 is 0 Å². The molecule has 2 saturated heterocycles. The molecule has 154 valence electrons. The topological polar surface area (TPSA) is 57.5 Å². The maximum atomic E-state index is 12.9. The normalized spacial score (nSPS) is 24.1. The number of aromatic nitrogens is 3. The first-order valence-corrected chi connectivity index (χ1v) is 10.9. The summed E-state index contributed by atoms with van der Waals surface area (Å²) < 4.78 is 1.83. The van der Waals surface area contributed by atoms with Crippen molar-refractivity contribution < 1.29 is 4.79 Å². The Bertz CT molecular complexity index is 827. The van der Waals surface area contributed by atoms with Crippen LogP contribution in [0.5, 0.6) is 0 Å². The quantitative estimate of drug-likeness (QED) is 0.779. The lowest BCUT2D eigenvalue weighted by Gasteiger charge is -2.43. The van der Waals surface area contributed by atoms with Crippen LogP contribution >= 0.6 is 0 Å². The van der Waals surface area contributed by atoms with Crippen molar-refractivity contribution in [1.82, 2.24) is 29.5 Å². The standard InChI is InChI=1S/C22H30N6O/c29-22(27-12-10-26(11-13-27)20-2-1-3-20)15-25-9-8-18-4-6-21(7-5-19(18)14-25)28-17-23-16-24-28/h4-5,7,16-17,20H,1-3,6,8-15H2. The smallest absolute Gasteiger partial charge is 0.236 e. The zero-order valence-corrected chi connectivity index (χ0v) is 17.0. The molecule has 1 aromatic heterocycles. The number of hydrogen-bond acceptors (Lipinski definition) is 5. The number of nitrogens with zero attached hydrogens (tertiary/aromatic N) is 6. The summed E-state index contributed by atoms with van der Waals surface area (Å²) in [6.45, 7) is 6.21. The van der Waals surface area contributed by atoms with E-state index in [1.165, 1.54) is 30.4 Å². The minimum Gasteiger partial charge on any atom is -0.339 e. The van der Waals surface area contributed by atoms with Gasteiger partial charge >= 0.3 is 0 Å². The van der Waals surface area contributed by atoms with Gasteiger partial charge in [-0.25, -0.2) is 9.67 Å². The van der Waals surface area contributed by atoms with E-state index in [1.54, 1.807) is 12.7 Å². The molecule has 0 aromatic carbocycles. The van der Waals surface area contributed by atoms with Gasteiger partial charge in [0.2, 0.25) is 5.91 Å². The summed E-state index contributed by atoms with van der Waals surface area (Å²) in [6.07, 6.45) is 15.9. The molecule has 2 aliphatic heterocycles. The van der Waals surface area contributed by atoms with Crippen LogP contribution in [0.2, 0.25) is 0 Å². The third-order valence-electron chi connectivity index (χ3n) is 6.87. The molecule has 0 N–H and O–H groups in total. The fraction of sp³-hybridized carbons (Fsp3) is 0.591. The van der Waals surface area contributed by atoms with E-state index in [1.807, 2.05) is 4.68 Å². The van der Waals surface area contributed by atoms with Crippen LogP contribution in [0.4, 0.5) is 0 Å². The first-order chi connectivity index (χ1) is 14.3. The molecule has 0 atom stereocenters. The second kappa shape index (κ2) is 8.24. The van der Waals surface area contributed by atoms with Crippen molar-refractivity contribution in [3.63, 3.8) is 0 Å². The van der Waals surface area contributed by atoms with Crippen molar-refractivity contribution in [3.05, 3.63) is 42.0 Å². The number of allylic oxidation sites excluding steroid dienone is 4. The Hall–Kier alpha value is -2.25. The second-order valence-corrected chi connectivity index (χ2v) is 8.59. The van der Waals surface area contributed by atoms with Gasteiger partial charge in [-0.05, 0) is 36.5 Å². The van der Waals surface area contributed by atoms with Crippen molar-refractivity contribution in [2.24, 2.45) is 0 Å². The summed E-state index contributed by atoms with van der Waals surface area (Å²) in [4.78, 5) is 23.9. The molecule has 1 aromatic rings. The molecular formula is C22H30N6O. The Kier molecular flexibility index (Phi) is 5.33. The zero-order valence-electron chi connectivity index (χ0n) is 17.0. The van der Waals surface area contributed by atoms with Gasteiger partial charge in [0.25, 0.3) is 0 Å². The molecule has 5 rings (SSSR count). The maximum Gasteiger partial charge on any atom is 0.236 e. The van der Waals surface area contributed by atoms with Crippen LogP contribution in [0, 0.1) is 0 Å². The minimum atomic E-state index is 0.291. The number of amides is 1.